The minimum Gasteiger partial charge on any atom is -0.351 e. The van der Waals surface area contributed by atoms with Crippen LogP contribution in [-0.2, 0) is 7.05 Å². The Balaban J connectivity index is 2.26. The summed E-state index contributed by atoms with van der Waals surface area (Å²) in [6.07, 6.45) is 0.983. The molecule has 90 valence electrons. The Morgan fingerprint density at radius 3 is 3.00 bits per heavy atom. The van der Waals surface area contributed by atoms with E-state index in [1.165, 1.54) is 0 Å². The lowest BCUT2D eigenvalue weighted by molar-refractivity contribution is 0.0949. The molecule has 4 nitrogen and oxygen atoms in total. The van der Waals surface area contributed by atoms with Crippen LogP contribution in [0.4, 0.5) is 0 Å². The summed E-state index contributed by atoms with van der Waals surface area (Å²) in [5.41, 5.74) is 1.49. The number of hydrogen-bond acceptors (Lipinski definition) is 2. The Morgan fingerprint density at radius 2 is 2.24 bits per heavy atom. The molecule has 0 saturated carbocycles. The van der Waals surface area contributed by atoms with Crippen molar-refractivity contribution >= 4 is 39.4 Å². The largest absolute Gasteiger partial charge is 0.351 e. The van der Waals surface area contributed by atoms with Gasteiger partial charge in [0.05, 0.1) is 5.52 Å². The minimum absolute atomic E-state index is 0.0911. The number of alkyl halides is 1. The van der Waals surface area contributed by atoms with Gasteiger partial charge in [-0.1, -0.05) is 40.8 Å². The number of aryl methyl sites for hydroxylation is 1. The third-order valence-corrected chi connectivity index (χ3v) is 3.33. The number of fused-ring (bicyclic) bond motifs is 1. The Bertz CT molecular complexity index is 536. The molecule has 0 aliphatic carbocycles. The lowest BCUT2D eigenvalue weighted by atomic mass is 10.2. The molecule has 2 rings (SSSR count). The van der Waals surface area contributed by atoms with Gasteiger partial charge in [-0.05, 0) is 12.5 Å². The molecule has 2 aromatic rings. The average Bonchev–Trinajstić information content (AvgIpc) is 2.68. The van der Waals surface area contributed by atoms with Crippen LogP contribution in [0.15, 0.2) is 24.3 Å². The van der Waals surface area contributed by atoms with Crippen molar-refractivity contribution in [2.75, 3.05) is 11.0 Å². The Labute approximate surface area is 114 Å². The maximum atomic E-state index is 12.0. The number of benzene rings is 1. The number of para-hydroxylation sites is 1. The fraction of sp³-hybridized carbons (Fsp3) is 0.333. The highest BCUT2D eigenvalue weighted by Crippen LogP contribution is 2.17. The van der Waals surface area contributed by atoms with Gasteiger partial charge in [0.1, 0.15) is 0 Å². The second kappa shape index (κ2) is 5.48. The lowest BCUT2D eigenvalue weighted by Crippen LogP contribution is -2.25. The zero-order chi connectivity index (χ0) is 12.3. The molecule has 0 fully saturated rings. The van der Waals surface area contributed by atoms with Crippen molar-refractivity contribution in [3.8, 4) is 0 Å². The number of halogens is 1. The predicted molar refractivity (Wildman–Crippen MR) is 76.6 cm³/mol. The first kappa shape index (κ1) is 12.3. The molecule has 1 aromatic carbocycles. The molecule has 0 unspecified atom stereocenters. The SMILES string of the molecule is Cn1nc(C(=O)NCCCI)c2ccccc21. The fourth-order valence-electron chi connectivity index (χ4n) is 1.73. The van der Waals surface area contributed by atoms with E-state index < -0.39 is 0 Å². The summed E-state index contributed by atoms with van der Waals surface area (Å²) >= 11 is 2.30. The van der Waals surface area contributed by atoms with Gasteiger partial charge in [0.2, 0.25) is 0 Å². The van der Waals surface area contributed by atoms with E-state index in [4.69, 9.17) is 0 Å². The van der Waals surface area contributed by atoms with Crippen LogP contribution >= 0.6 is 22.6 Å². The van der Waals surface area contributed by atoms with Crippen molar-refractivity contribution in [2.45, 2.75) is 6.42 Å². The summed E-state index contributed by atoms with van der Waals surface area (Å²) in [6, 6.07) is 7.76. The van der Waals surface area contributed by atoms with E-state index in [9.17, 15) is 4.79 Å². The quantitative estimate of drug-likeness (QED) is 0.525. The molecule has 1 amide bonds. The van der Waals surface area contributed by atoms with E-state index in [1.54, 1.807) is 4.68 Å². The number of amides is 1. The minimum atomic E-state index is -0.0911. The van der Waals surface area contributed by atoms with Crippen molar-refractivity contribution < 1.29 is 4.79 Å². The standard InChI is InChI=1S/C12H14IN3O/c1-16-10-6-3-2-5-9(10)11(15-16)12(17)14-8-4-7-13/h2-3,5-6H,4,7-8H2,1H3,(H,14,17). The van der Waals surface area contributed by atoms with Gasteiger partial charge in [-0.25, -0.2) is 0 Å². The topological polar surface area (TPSA) is 46.9 Å². The molecule has 0 atom stereocenters. The predicted octanol–water partition coefficient (Wildman–Crippen LogP) is 2.13. The normalized spacial score (nSPS) is 10.7. The summed E-state index contributed by atoms with van der Waals surface area (Å²) in [7, 11) is 1.85. The van der Waals surface area contributed by atoms with Gasteiger partial charge in [-0.2, -0.15) is 5.10 Å². The van der Waals surface area contributed by atoms with Gasteiger partial charge in [-0.15, -0.1) is 0 Å². The van der Waals surface area contributed by atoms with E-state index in [0.717, 1.165) is 21.8 Å². The van der Waals surface area contributed by atoms with Crippen LogP contribution < -0.4 is 5.32 Å². The molecule has 0 aliphatic rings. The molecular formula is C12H14IN3O. The number of aromatic nitrogens is 2. The molecule has 1 heterocycles. The number of nitrogens with zero attached hydrogens (tertiary/aromatic N) is 2. The Morgan fingerprint density at radius 1 is 1.47 bits per heavy atom. The second-order valence-electron chi connectivity index (χ2n) is 3.79. The summed E-state index contributed by atoms with van der Waals surface area (Å²) < 4.78 is 2.78. The average molecular weight is 343 g/mol. The van der Waals surface area contributed by atoms with Gasteiger partial charge in [0, 0.05) is 23.4 Å². The summed E-state index contributed by atoms with van der Waals surface area (Å²) in [6.45, 7) is 0.701. The fourth-order valence-corrected chi connectivity index (χ4v) is 2.12. The van der Waals surface area contributed by atoms with Crippen LogP contribution in [-0.4, -0.2) is 26.7 Å². The Hall–Kier alpha value is -1.11. The van der Waals surface area contributed by atoms with E-state index in [-0.39, 0.29) is 5.91 Å². The van der Waals surface area contributed by atoms with E-state index in [0.29, 0.717) is 12.2 Å². The zero-order valence-corrected chi connectivity index (χ0v) is 11.8. The van der Waals surface area contributed by atoms with Crippen LogP contribution in [0.1, 0.15) is 16.9 Å². The van der Waals surface area contributed by atoms with Crippen molar-refractivity contribution in [2.24, 2.45) is 7.05 Å². The van der Waals surface area contributed by atoms with Crippen molar-refractivity contribution in [1.82, 2.24) is 15.1 Å². The van der Waals surface area contributed by atoms with Crippen LogP contribution in [0, 0.1) is 0 Å². The van der Waals surface area contributed by atoms with Crippen LogP contribution in [0.3, 0.4) is 0 Å². The highest BCUT2D eigenvalue weighted by atomic mass is 127. The monoisotopic (exact) mass is 343 g/mol. The van der Waals surface area contributed by atoms with Crippen LogP contribution in [0.25, 0.3) is 10.9 Å². The molecule has 0 spiro atoms. The molecule has 0 bridgehead atoms. The molecule has 0 aliphatic heterocycles. The van der Waals surface area contributed by atoms with E-state index >= 15 is 0 Å². The smallest absolute Gasteiger partial charge is 0.272 e. The second-order valence-corrected chi connectivity index (χ2v) is 4.87. The molecule has 1 N–H and O–H groups in total. The van der Waals surface area contributed by atoms with Crippen LogP contribution in [0.2, 0.25) is 0 Å². The first-order chi connectivity index (χ1) is 8.24. The van der Waals surface area contributed by atoms with Gasteiger partial charge in [0.25, 0.3) is 5.91 Å². The van der Waals surface area contributed by atoms with Gasteiger partial charge in [0.15, 0.2) is 5.69 Å². The van der Waals surface area contributed by atoms with Crippen molar-refractivity contribution in [3.63, 3.8) is 0 Å². The highest BCUT2D eigenvalue weighted by molar-refractivity contribution is 14.1. The molecule has 5 heteroatoms. The van der Waals surface area contributed by atoms with Gasteiger partial charge >= 0.3 is 0 Å². The third-order valence-electron chi connectivity index (χ3n) is 2.57. The summed E-state index contributed by atoms with van der Waals surface area (Å²) in [5.74, 6) is -0.0911. The molecule has 0 radical (unpaired) electrons. The first-order valence-electron chi connectivity index (χ1n) is 5.50. The lowest BCUT2D eigenvalue weighted by Gasteiger charge is -2.00. The van der Waals surface area contributed by atoms with Gasteiger partial charge < -0.3 is 5.32 Å². The number of carbonyl (C=O) groups excluding carboxylic acids is 1. The number of hydrogen-bond donors (Lipinski definition) is 1. The first-order valence-corrected chi connectivity index (χ1v) is 7.02. The number of carbonyl (C=O) groups is 1. The molecular weight excluding hydrogens is 329 g/mol. The Kier molecular flexibility index (Phi) is 3.98. The maximum Gasteiger partial charge on any atom is 0.272 e. The van der Waals surface area contributed by atoms with Gasteiger partial charge in [-0.3, -0.25) is 9.48 Å². The number of nitrogens with one attached hydrogen (secondary N) is 1. The van der Waals surface area contributed by atoms with E-state index in [2.05, 4.69) is 33.0 Å². The summed E-state index contributed by atoms with van der Waals surface area (Å²) in [4.78, 5) is 12.0. The van der Waals surface area contributed by atoms with Crippen molar-refractivity contribution in [3.05, 3.63) is 30.0 Å². The maximum absolute atomic E-state index is 12.0. The highest BCUT2D eigenvalue weighted by Gasteiger charge is 2.14. The number of rotatable bonds is 4. The molecule has 17 heavy (non-hydrogen) atoms. The molecule has 1 aromatic heterocycles. The van der Waals surface area contributed by atoms with Crippen molar-refractivity contribution in [1.29, 1.82) is 0 Å². The zero-order valence-electron chi connectivity index (χ0n) is 9.61. The molecule has 0 saturated heterocycles. The summed E-state index contributed by atoms with van der Waals surface area (Å²) in [5, 5.41) is 8.06. The third kappa shape index (κ3) is 2.59. The van der Waals surface area contributed by atoms with E-state index in [1.807, 2.05) is 31.3 Å². The van der Waals surface area contributed by atoms with Crippen LogP contribution in [0.5, 0.6) is 0 Å².